The molecular weight excluding hydrogens is 410 g/mol. The maximum atomic E-state index is 10.4. The van der Waals surface area contributed by atoms with E-state index in [4.69, 9.17) is 11.6 Å². The smallest absolute Gasteiger partial charge is 0.134 e. The van der Waals surface area contributed by atoms with E-state index in [1.165, 1.54) is 0 Å². The van der Waals surface area contributed by atoms with Gasteiger partial charge in [0.15, 0.2) is 0 Å². The molecule has 1 aliphatic heterocycles. The van der Waals surface area contributed by atoms with Crippen molar-refractivity contribution in [3.8, 4) is 5.75 Å². The molecule has 1 aromatic carbocycles. The molecule has 0 saturated carbocycles. The Morgan fingerprint density at radius 1 is 1.41 bits per heavy atom. The summed E-state index contributed by atoms with van der Waals surface area (Å²) in [5.41, 5.74) is 1.97. The highest BCUT2D eigenvalue weighted by molar-refractivity contribution is 9.10. The van der Waals surface area contributed by atoms with Crippen LogP contribution in [0.4, 0.5) is 0 Å². The van der Waals surface area contributed by atoms with E-state index in [0.717, 1.165) is 43.7 Å². The van der Waals surface area contributed by atoms with Crippen molar-refractivity contribution in [1.29, 1.82) is 0 Å². The number of aromatic hydroxyl groups is 1. The molecule has 1 heterocycles. The van der Waals surface area contributed by atoms with Gasteiger partial charge in [0.1, 0.15) is 5.75 Å². The monoisotopic (exact) mass is 430 g/mol. The molecule has 1 atom stereocenters. The maximum Gasteiger partial charge on any atom is 0.134 e. The van der Waals surface area contributed by atoms with Crippen LogP contribution in [0.15, 0.2) is 28.8 Å². The van der Waals surface area contributed by atoms with E-state index in [9.17, 15) is 5.11 Å². The molecule has 1 saturated heterocycles. The highest BCUT2D eigenvalue weighted by Gasteiger charge is 2.25. The van der Waals surface area contributed by atoms with Crippen LogP contribution in [0, 0.1) is 0 Å². The van der Waals surface area contributed by atoms with Crippen molar-refractivity contribution in [2.45, 2.75) is 19.4 Å². The fourth-order valence-electron chi connectivity index (χ4n) is 2.60. The first kappa shape index (κ1) is 22.0. The molecular formula is C15H22BrCl3N2O. The van der Waals surface area contributed by atoms with Crippen LogP contribution in [0.5, 0.6) is 5.75 Å². The lowest BCUT2D eigenvalue weighted by Crippen LogP contribution is -2.45. The first-order valence-corrected chi connectivity index (χ1v) is 7.93. The Kier molecular flexibility index (Phi) is 10.0. The lowest BCUT2D eigenvalue weighted by molar-refractivity contribution is 0.170. The van der Waals surface area contributed by atoms with Crippen LogP contribution in [0.3, 0.4) is 0 Å². The van der Waals surface area contributed by atoms with Gasteiger partial charge in [-0.1, -0.05) is 17.2 Å². The van der Waals surface area contributed by atoms with Gasteiger partial charge >= 0.3 is 0 Å². The van der Waals surface area contributed by atoms with E-state index in [0.29, 0.717) is 9.50 Å². The van der Waals surface area contributed by atoms with Crippen LogP contribution in [-0.4, -0.2) is 36.2 Å². The lowest BCUT2D eigenvalue weighted by atomic mass is 9.97. The van der Waals surface area contributed by atoms with Gasteiger partial charge in [-0.3, -0.25) is 4.90 Å². The Hall–Kier alpha value is 0.0300. The van der Waals surface area contributed by atoms with Crippen molar-refractivity contribution in [2.75, 3.05) is 26.2 Å². The van der Waals surface area contributed by atoms with Gasteiger partial charge < -0.3 is 10.4 Å². The van der Waals surface area contributed by atoms with Gasteiger partial charge in [0.2, 0.25) is 0 Å². The first-order chi connectivity index (χ1) is 9.49. The molecule has 22 heavy (non-hydrogen) atoms. The molecule has 1 aromatic rings. The predicted molar refractivity (Wildman–Crippen MR) is 102 cm³/mol. The summed E-state index contributed by atoms with van der Waals surface area (Å²) in [5.74, 6) is 0.277. The molecule has 2 rings (SSSR count). The van der Waals surface area contributed by atoms with E-state index in [2.05, 4.69) is 32.7 Å². The highest BCUT2D eigenvalue weighted by Crippen LogP contribution is 2.39. The Balaban J connectivity index is 0.00000220. The topological polar surface area (TPSA) is 35.5 Å². The number of hydrogen-bond donors (Lipinski definition) is 2. The predicted octanol–water partition coefficient (Wildman–Crippen LogP) is 4.56. The minimum Gasteiger partial charge on any atom is -0.506 e. The van der Waals surface area contributed by atoms with Crippen molar-refractivity contribution < 1.29 is 5.11 Å². The van der Waals surface area contributed by atoms with Gasteiger partial charge in [0.05, 0.1) is 4.47 Å². The number of piperazine rings is 1. The second-order valence-electron chi connectivity index (χ2n) is 5.29. The standard InChI is InChI=1S/C15H20BrClN2O.2ClH/c1-10(2)7-14(19-5-3-18-4-6-19)12-8-11(17)9-13(16)15(12)20;;/h8-9,14,18,20H,1,3-7H2,2H3;2*1H/t14-;;/m1../s1. The average molecular weight is 433 g/mol. The van der Waals surface area contributed by atoms with E-state index in [1.807, 2.05) is 13.0 Å². The number of benzene rings is 1. The Morgan fingerprint density at radius 3 is 2.55 bits per heavy atom. The minimum absolute atomic E-state index is 0. The summed E-state index contributed by atoms with van der Waals surface area (Å²) in [7, 11) is 0. The van der Waals surface area contributed by atoms with E-state index in [-0.39, 0.29) is 36.6 Å². The summed E-state index contributed by atoms with van der Waals surface area (Å²) in [4.78, 5) is 2.38. The van der Waals surface area contributed by atoms with Crippen molar-refractivity contribution in [2.24, 2.45) is 0 Å². The molecule has 0 spiro atoms. The van der Waals surface area contributed by atoms with Crippen LogP contribution in [-0.2, 0) is 0 Å². The van der Waals surface area contributed by atoms with Crippen molar-refractivity contribution in [3.63, 3.8) is 0 Å². The lowest BCUT2D eigenvalue weighted by Gasteiger charge is -2.36. The second-order valence-corrected chi connectivity index (χ2v) is 6.58. The number of hydrogen-bond acceptors (Lipinski definition) is 3. The van der Waals surface area contributed by atoms with Crippen LogP contribution in [0.2, 0.25) is 5.02 Å². The van der Waals surface area contributed by atoms with Gasteiger partial charge in [-0.25, -0.2) is 0 Å². The zero-order valence-electron chi connectivity index (χ0n) is 12.4. The summed E-state index contributed by atoms with van der Waals surface area (Å²) in [6.07, 6.45) is 0.820. The zero-order chi connectivity index (χ0) is 14.7. The molecule has 0 aliphatic carbocycles. The van der Waals surface area contributed by atoms with Crippen LogP contribution >= 0.6 is 52.3 Å². The Labute approximate surface area is 158 Å². The molecule has 7 heteroatoms. The van der Waals surface area contributed by atoms with E-state index >= 15 is 0 Å². The van der Waals surface area contributed by atoms with Gasteiger partial charge in [0, 0.05) is 42.8 Å². The summed E-state index contributed by atoms with van der Waals surface area (Å²) in [5, 5.41) is 14.3. The maximum absolute atomic E-state index is 10.4. The van der Waals surface area contributed by atoms with Crippen molar-refractivity contribution >= 4 is 52.3 Å². The Bertz CT molecular complexity index is 508. The number of phenolic OH excluding ortho intramolecular Hbond substituents is 1. The third-order valence-corrected chi connectivity index (χ3v) is 4.37. The number of nitrogens with zero attached hydrogens (tertiary/aromatic N) is 1. The highest BCUT2D eigenvalue weighted by atomic mass is 79.9. The molecule has 2 N–H and O–H groups in total. The summed E-state index contributed by atoms with van der Waals surface area (Å²) in [6.45, 7) is 9.90. The number of nitrogens with one attached hydrogen (secondary N) is 1. The van der Waals surface area contributed by atoms with E-state index in [1.54, 1.807) is 6.07 Å². The fraction of sp³-hybridized carbons (Fsp3) is 0.467. The van der Waals surface area contributed by atoms with E-state index < -0.39 is 0 Å². The van der Waals surface area contributed by atoms with Gasteiger partial charge in [-0.05, 0) is 41.4 Å². The molecule has 0 unspecified atom stereocenters. The largest absolute Gasteiger partial charge is 0.506 e. The normalized spacial score (nSPS) is 16.3. The van der Waals surface area contributed by atoms with Crippen molar-refractivity contribution in [1.82, 2.24) is 10.2 Å². The molecule has 0 bridgehead atoms. The van der Waals surface area contributed by atoms with Gasteiger partial charge in [0.25, 0.3) is 0 Å². The van der Waals surface area contributed by atoms with Crippen LogP contribution in [0.25, 0.3) is 0 Å². The average Bonchev–Trinajstić information content (AvgIpc) is 2.41. The number of rotatable bonds is 4. The first-order valence-electron chi connectivity index (χ1n) is 6.76. The number of phenols is 1. The molecule has 1 aliphatic rings. The zero-order valence-corrected chi connectivity index (χ0v) is 16.4. The quantitative estimate of drug-likeness (QED) is 0.685. The third-order valence-electron chi connectivity index (χ3n) is 3.55. The second kappa shape index (κ2) is 10.0. The molecule has 0 amide bonds. The summed E-state index contributed by atoms with van der Waals surface area (Å²) >= 11 is 9.51. The van der Waals surface area contributed by atoms with Gasteiger partial charge in [-0.2, -0.15) is 0 Å². The molecule has 0 radical (unpaired) electrons. The minimum atomic E-state index is 0. The number of halogens is 4. The molecule has 0 aromatic heterocycles. The van der Waals surface area contributed by atoms with Gasteiger partial charge in [-0.15, -0.1) is 31.4 Å². The Morgan fingerprint density at radius 2 is 2.00 bits per heavy atom. The van der Waals surface area contributed by atoms with Crippen LogP contribution < -0.4 is 5.32 Å². The fourth-order valence-corrected chi connectivity index (χ4v) is 3.43. The SMILES string of the molecule is C=C(C)C[C@H](c1cc(Cl)cc(Br)c1O)N1CCNCC1.Cl.Cl. The molecule has 3 nitrogen and oxygen atoms in total. The molecule has 1 fully saturated rings. The summed E-state index contributed by atoms with van der Waals surface area (Å²) < 4.78 is 0.641. The molecule has 126 valence electrons. The summed E-state index contributed by atoms with van der Waals surface area (Å²) in [6, 6.07) is 3.69. The van der Waals surface area contributed by atoms with Crippen LogP contribution in [0.1, 0.15) is 24.9 Å². The van der Waals surface area contributed by atoms with Crippen molar-refractivity contribution in [3.05, 3.63) is 39.3 Å². The third kappa shape index (κ3) is 5.59.